The van der Waals surface area contributed by atoms with Gasteiger partial charge in [-0.25, -0.2) is 0 Å². The molecule has 11 N–H and O–H groups in total. The molecule has 3 heterocycles. The summed E-state index contributed by atoms with van der Waals surface area (Å²) in [4.78, 5) is 0. The van der Waals surface area contributed by atoms with Gasteiger partial charge in [0, 0.05) is 0 Å². The predicted octanol–water partition coefficient (Wildman–Crippen LogP) is -6.86. The van der Waals surface area contributed by atoms with E-state index in [-0.39, 0.29) is 0 Å². The van der Waals surface area contributed by atoms with Gasteiger partial charge in [0.2, 0.25) is 0 Å². The summed E-state index contributed by atoms with van der Waals surface area (Å²) in [5, 5.41) is 109. The van der Waals surface area contributed by atoms with Crippen LogP contribution in [0.25, 0.3) is 0 Å². The highest BCUT2D eigenvalue weighted by molar-refractivity contribution is 8.00. The highest BCUT2D eigenvalue weighted by atomic mass is 32.2. The van der Waals surface area contributed by atoms with Gasteiger partial charge < -0.3 is 75.1 Å². The second-order valence-corrected chi connectivity index (χ2v) is 9.62. The summed E-state index contributed by atoms with van der Waals surface area (Å²) >= 11 is 0.681. The summed E-state index contributed by atoms with van der Waals surface area (Å²) in [6.07, 6.45) is -20.7. The molecule has 3 saturated heterocycles. The third kappa shape index (κ3) is 5.52. The van der Waals surface area contributed by atoms with Crippen molar-refractivity contribution >= 4 is 11.8 Å². The molecule has 15 atom stereocenters. The summed E-state index contributed by atoms with van der Waals surface area (Å²) in [7, 11) is 0. The van der Waals surface area contributed by atoms with E-state index in [1.165, 1.54) is 0 Å². The lowest BCUT2D eigenvalue weighted by atomic mass is 9.97. The summed E-state index contributed by atoms with van der Waals surface area (Å²) in [5.41, 5.74) is -1.33. The maximum absolute atomic E-state index is 10.7. The molecule has 0 bridgehead atoms. The lowest BCUT2D eigenvalue weighted by Crippen LogP contribution is -2.64. The topological polar surface area (TPSA) is 259 Å². The molecular formula is C18H32O15S. The largest absolute Gasteiger partial charge is 0.394 e. The first kappa shape index (κ1) is 28.3. The molecule has 0 aromatic carbocycles. The van der Waals surface area contributed by atoms with Crippen molar-refractivity contribution in [2.24, 2.45) is 0 Å². The van der Waals surface area contributed by atoms with Gasteiger partial charge >= 0.3 is 0 Å². The highest BCUT2D eigenvalue weighted by Crippen LogP contribution is 2.38. The zero-order valence-electron chi connectivity index (χ0n) is 17.7. The van der Waals surface area contributed by atoms with Crippen molar-refractivity contribution in [1.29, 1.82) is 0 Å². The Hall–Kier alpha value is -0.250. The van der Waals surface area contributed by atoms with E-state index in [0.29, 0.717) is 11.8 Å². The van der Waals surface area contributed by atoms with E-state index in [2.05, 4.69) is 0 Å². The van der Waals surface area contributed by atoms with Gasteiger partial charge in [0.15, 0.2) is 12.6 Å². The summed E-state index contributed by atoms with van der Waals surface area (Å²) in [5.74, 6) is 0. The van der Waals surface area contributed by atoms with Gasteiger partial charge in [0.1, 0.15) is 60.4 Å². The first-order chi connectivity index (χ1) is 16.0. The molecule has 1 unspecified atom stereocenters. The number of aliphatic hydroxyl groups excluding tert-OH is 11. The summed E-state index contributed by atoms with van der Waals surface area (Å²) in [6, 6.07) is 0. The Kier molecular flexibility index (Phi) is 9.88. The molecule has 16 heteroatoms. The van der Waals surface area contributed by atoms with Crippen LogP contribution in [0.4, 0.5) is 0 Å². The molecule has 0 aromatic heterocycles. The zero-order valence-corrected chi connectivity index (χ0v) is 18.6. The molecule has 34 heavy (non-hydrogen) atoms. The fourth-order valence-corrected chi connectivity index (χ4v) is 5.54. The number of thioether (sulfide) groups is 1. The number of aliphatic hydroxyl groups is 11. The Labute approximate surface area is 197 Å². The maximum atomic E-state index is 10.7. The molecule has 0 amide bonds. The third-order valence-corrected chi connectivity index (χ3v) is 7.65. The van der Waals surface area contributed by atoms with Crippen molar-refractivity contribution < 1.29 is 75.1 Å². The van der Waals surface area contributed by atoms with Gasteiger partial charge in [-0.15, -0.1) is 11.8 Å². The van der Waals surface area contributed by atoms with Crippen molar-refractivity contribution in [3.8, 4) is 0 Å². The molecule has 15 nitrogen and oxygen atoms in total. The van der Waals surface area contributed by atoms with Crippen LogP contribution in [0.1, 0.15) is 0 Å². The standard InChI is InChI=1S/C18H32O15S/c19-1-4-7(22)8(23)12(27)17(31-4)33-14-5(2-20)32-18(13(28)9(14)24)34-15-6(3-21)30-16(29)11(26)10(15)25/h4-29H,1-3H2/t4-,5-,6-,7+,8+,9-,10-,11-,12-,13-,14-,15-,16?,17+,18+/m1/s1. The van der Waals surface area contributed by atoms with Crippen LogP contribution in [-0.4, -0.2) is 166 Å². The van der Waals surface area contributed by atoms with E-state index in [9.17, 15) is 56.2 Å². The molecule has 0 aromatic rings. The van der Waals surface area contributed by atoms with E-state index in [4.69, 9.17) is 18.9 Å². The lowest BCUT2D eigenvalue weighted by Gasteiger charge is -2.47. The van der Waals surface area contributed by atoms with Crippen LogP contribution in [0, 0.1) is 0 Å². The van der Waals surface area contributed by atoms with Crippen LogP contribution < -0.4 is 0 Å². The zero-order chi connectivity index (χ0) is 25.3. The second kappa shape index (κ2) is 11.9. The van der Waals surface area contributed by atoms with Gasteiger partial charge in [-0.05, 0) is 0 Å². The van der Waals surface area contributed by atoms with E-state index < -0.39 is 110 Å². The van der Waals surface area contributed by atoms with Gasteiger partial charge in [0.25, 0.3) is 0 Å². The number of rotatable bonds is 7. The van der Waals surface area contributed by atoms with E-state index in [0.717, 1.165) is 0 Å². The van der Waals surface area contributed by atoms with Crippen molar-refractivity contribution in [2.45, 2.75) is 90.4 Å². The minimum absolute atomic E-state index is 0.657. The Balaban J connectivity index is 1.72. The third-order valence-electron chi connectivity index (χ3n) is 6.09. The van der Waals surface area contributed by atoms with Crippen molar-refractivity contribution in [1.82, 2.24) is 0 Å². The van der Waals surface area contributed by atoms with Crippen LogP contribution in [0.5, 0.6) is 0 Å². The fourth-order valence-electron chi connectivity index (χ4n) is 4.06. The van der Waals surface area contributed by atoms with E-state index >= 15 is 0 Å². The molecule has 3 fully saturated rings. The molecule has 0 aliphatic carbocycles. The number of hydrogen-bond donors (Lipinski definition) is 11. The van der Waals surface area contributed by atoms with Gasteiger partial charge in [0.05, 0.1) is 37.3 Å². The average molecular weight is 521 g/mol. The summed E-state index contributed by atoms with van der Waals surface area (Å²) < 4.78 is 21.3. The quantitative estimate of drug-likeness (QED) is 0.149. The molecule has 0 saturated carbocycles. The predicted molar refractivity (Wildman–Crippen MR) is 108 cm³/mol. The second-order valence-electron chi connectivity index (χ2n) is 8.33. The first-order valence-electron chi connectivity index (χ1n) is 10.6. The Morgan fingerprint density at radius 2 is 1.18 bits per heavy atom. The molecule has 3 aliphatic rings. The number of hydrogen-bond acceptors (Lipinski definition) is 16. The summed E-state index contributed by atoms with van der Waals surface area (Å²) in [6.45, 7) is -2.13. The average Bonchev–Trinajstić information content (AvgIpc) is 2.83. The minimum atomic E-state index is -1.80. The molecule has 0 spiro atoms. The van der Waals surface area contributed by atoms with E-state index in [1.54, 1.807) is 0 Å². The van der Waals surface area contributed by atoms with Crippen molar-refractivity contribution in [3.63, 3.8) is 0 Å². The fraction of sp³-hybridized carbons (Fsp3) is 1.00. The van der Waals surface area contributed by atoms with Crippen molar-refractivity contribution in [2.75, 3.05) is 19.8 Å². The molecule has 3 aliphatic heterocycles. The minimum Gasteiger partial charge on any atom is -0.394 e. The molecule has 200 valence electrons. The SMILES string of the molecule is OC[C@H]1O[C@@H](O[C@H]2[C@H](O)[C@@H](O)[C@H](S[C@H]3[C@H](O)[C@@H](O)C(O)O[C@@H]3CO)O[C@@H]2CO)[C@H](O)[C@@H](O)[C@H]1O. The Bertz CT molecular complexity index is 640. The van der Waals surface area contributed by atoms with Gasteiger partial charge in [-0.2, -0.15) is 0 Å². The van der Waals surface area contributed by atoms with Crippen LogP contribution in [0.15, 0.2) is 0 Å². The monoisotopic (exact) mass is 520 g/mol. The number of ether oxygens (including phenoxy) is 4. The lowest BCUT2D eigenvalue weighted by molar-refractivity contribution is -0.338. The smallest absolute Gasteiger partial charge is 0.187 e. The van der Waals surface area contributed by atoms with Gasteiger partial charge in [-0.3, -0.25) is 0 Å². The Morgan fingerprint density at radius 1 is 0.559 bits per heavy atom. The molecule has 0 radical (unpaired) electrons. The van der Waals surface area contributed by atoms with Crippen LogP contribution >= 0.6 is 11.8 Å². The van der Waals surface area contributed by atoms with Crippen LogP contribution in [0.2, 0.25) is 0 Å². The van der Waals surface area contributed by atoms with Crippen LogP contribution in [0.3, 0.4) is 0 Å². The maximum Gasteiger partial charge on any atom is 0.187 e. The Morgan fingerprint density at radius 3 is 1.76 bits per heavy atom. The van der Waals surface area contributed by atoms with Gasteiger partial charge in [-0.1, -0.05) is 0 Å². The normalized spacial score (nSPS) is 52.5. The highest BCUT2D eigenvalue weighted by Gasteiger charge is 2.52. The molecular weight excluding hydrogens is 488 g/mol. The molecule has 3 rings (SSSR count). The van der Waals surface area contributed by atoms with E-state index in [1.807, 2.05) is 0 Å². The first-order valence-corrected chi connectivity index (χ1v) is 11.5. The van der Waals surface area contributed by atoms with Crippen LogP contribution in [-0.2, 0) is 18.9 Å². The van der Waals surface area contributed by atoms with Crippen molar-refractivity contribution in [3.05, 3.63) is 0 Å².